The summed E-state index contributed by atoms with van der Waals surface area (Å²) in [6.45, 7) is 0. The molecule has 0 saturated carbocycles. The number of amidine groups is 1. The molecule has 0 saturated heterocycles. The summed E-state index contributed by atoms with van der Waals surface area (Å²) in [4.78, 5) is 17.8. The van der Waals surface area contributed by atoms with Crippen molar-refractivity contribution < 1.29 is 4.92 Å². The fourth-order valence-electron chi connectivity index (χ4n) is 1.36. The number of rotatable bonds is 4. The summed E-state index contributed by atoms with van der Waals surface area (Å²) < 4.78 is 0. The van der Waals surface area contributed by atoms with E-state index in [4.69, 9.17) is 17.3 Å². The zero-order valence-electron chi connectivity index (χ0n) is 10.5. The number of non-ortho nitro benzene ring substituents is 1. The number of hydrogen-bond donors (Lipinski definition) is 1. The van der Waals surface area contributed by atoms with Gasteiger partial charge in [0.2, 0.25) is 0 Å². The molecule has 1 heterocycles. The van der Waals surface area contributed by atoms with Gasteiger partial charge < -0.3 is 5.73 Å². The zero-order chi connectivity index (χ0) is 15.2. The molecule has 2 N–H and O–H groups in total. The quantitative estimate of drug-likeness (QED) is 0.399. The first-order chi connectivity index (χ1) is 10.1. The summed E-state index contributed by atoms with van der Waals surface area (Å²) in [5.74, 6) is 0.0585. The standard InChI is InChI=1S/C12H9ClN6O2/c13-11-7-15-6-10(17-11)12(14)18-16-5-8-1-3-9(4-2-8)19(20)21/h1-7H,(H2,14,18)/b16-5+. The first-order valence-corrected chi connectivity index (χ1v) is 6.03. The van der Waals surface area contributed by atoms with E-state index in [0.717, 1.165) is 0 Å². The van der Waals surface area contributed by atoms with Crippen LogP contribution in [0.3, 0.4) is 0 Å². The molecule has 21 heavy (non-hydrogen) atoms. The van der Waals surface area contributed by atoms with Crippen LogP contribution in [0.5, 0.6) is 0 Å². The van der Waals surface area contributed by atoms with Crippen molar-refractivity contribution in [3.63, 3.8) is 0 Å². The number of nitro benzene ring substituents is 1. The van der Waals surface area contributed by atoms with Gasteiger partial charge >= 0.3 is 0 Å². The number of aromatic nitrogens is 2. The van der Waals surface area contributed by atoms with Gasteiger partial charge in [-0.05, 0) is 17.7 Å². The van der Waals surface area contributed by atoms with E-state index in [1.807, 2.05) is 0 Å². The maximum atomic E-state index is 10.5. The molecular weight excluding hydrogens is 296 g/mol. The first kappa shape index (κ1) is 14.5. The highest BCUT2D eigenvalue weighted by Gasteiger charge is 2.03. The molecule has 0 aliphatic carbocycles. The third-order valence-corrected chi connectivity index (χ3v) is 2.53. The Hall–Kier alpha value is -2.87. The maximum Gasteiger partial charge on any atom is 0.269 e. The molecule has 8 nitrogen and oxygen atoms in total. The number of nitro groups is 1. The van der Waals surface area contributed by atoms with E-state index in [0.29, 0.717) is 11.3 Å². The van der Waals surface area contributed by atoms with Crippen LogP contribution in [-0.2, 0) is 0 Å². The smallest absolute Gasteiger partial charge is 0.269 e. The van der Waals surface area contributed by atoms with Crippen LogP contribution in [0.1, 0.15) is 11.3 Å². The van der Waals surface area contributed by atoms with Crippen LogP contribution in [0.4, 0.5) is 5.69 Å². The molecule has 0 bridgehead atoms. The van der Waals surface area contributed by atoms with Crippen LogP contribution in [0, 0.1) is 10.1 Å². The molecule has 0 radical (unpaired) electrons. The Morgan fingerprint density at radius 2 is 2.05 bits per heavy atom. The van der Waals surface area contributed by atoms with Crippen molar-refractivity contribution in [3.8, 4) is 0 Å². The van der Waals surface area contributed by atoms with E-state index in [1.165, 1.54) is 30.7 Å². The first-order valence-electron chi connectivity index (χ1n) is 5.65. The molecule has 2 aromatic rings. The van der Waals surface area contributed by atoms with E-state index in [1.54, 1.807) is 12.1 Å². The highest BCUT2D eigenvalue weighted by atomic mass is 35.5. The summed E-state index contributed by atoms with van der Waals surface area (Å²) >= 11 is 5.68. The normalized spacial score (nSPS) is 11.8. The molecule has 0 unspecified atom stereocenters. The van der Waals surface area contributed by atoms with Crippen molar-refractivity contribution in [2.45, 2.75) is 0 Å². The van der Waals surface area contributed by atoms with Crippen LogP contribution in [0.15, 0.2) is 46.9 Å². The van der Waals surface area contributed by atoms with Gasteiger partial charge in [-0.25, -0.2) is 4.98 Å². The molecule has 0 amide bonds. The summed E-state index contributed by atoms with van der Waals surface area (Å²) in [6, 6.07) is 5.84. The van der Waals surface area contributed by atoms with Crippen molar-refractivity contribution in [2.24, 2.45) is 15.9 Å². The van der Waals surface area contributed by atoms with E-state index in [9.17, 15) is 10.1 Å². The molecule has 1 aromatic heterocycles. The minimum absolute atomic E-state index is 0.00404. The van der Waals surface area contributed by atoms with Crippen molar-refractivity contribution in [3.05, 3.63) is 63.2 Å². The van der Waals surface area contributed by atoms with Gasteiger partial charge in [0.05, 0.1) is 23.5 Å². The lowest BCUT2D eigenvalue weighted by atomic mass is 10.2. The average Bonchev–Trinajstić information content (AvgIpc) is 2.47. The third-order valence-electron chi connectivity index (χ3n) is 2.34. The van der Waals surface area contributed by atoms with Crippen molar-refractivity contribution in [1.82, 2.24) is 9.97 Å². The van der Waals surface area contributed by atoms with Gasteiger partial charge in [-0.3, -0.25) is 15.1 Å². The molecular formula is C12H9ClN6O2. The Morgan fingerprint density at radius 1 is 1.33 bits per heavy atom. The molecule has 2 rings (SSSR count). The van der Waals surface area contributed by atoms with Gasteiger partial charge in [-0.1, -0.05) is 11.6 Å². The molecule has 0 spiro atoms. The Bertz CT molecular complexity index is 714. The summed E-state index contributed by atoms with van der Waals surface area (Å²) in [5, 5.41) is 18.2. The van der Waals surface area contributed by atoms with Gasteiger partial charge in [0.25, 0.3) is 5.69 Å². The van der Waals surface area contributed by atoms with Crippen molar-refractivity contribution >= 4 is 29.3 Å². The van der Waals surface area contributed by atoms with Gasteiger partial charge in [-0.2, -0.15) is 5.10 Å². The molecule has 9 heteroatoms. The molecule has 0 atom stereocenters. The lowest BCUT2D eigenvalue weighted by Crippen LogP contribution is -2.15. The largest absolute Gasteiger partial charge is 0.380 e. The van der Waals surface area contributed by atoms with Crippen molar-refractivity contribution in [1.29, 1.82) is 0 Å². The SMILES string of the molecule is N/C(=N\N=C\c1ccc([N+](=O)[O-])cc1)c1cncc(Cl)n1. The molecule has 1 aromatic carbocycles. The van der Waals surface area contributed by atoms with Crippen LogP contribution in [-0.4, -0.2) is 26.9 Å². The highest BCUT2D eigenvalue weighted by Crippen LogP contribution is 2.10. The van der Waals surface area contributed by atoms with E-state index >= 15 is 0 Å². The van der Waals surface area contributed by atoms with Gasteiger partial charge in [-0.15, -0.1) is 5.10 Å². The second-order valence-electron chi connectivity index (χ2n) is 3.81. The number of benzene rings is 1. The minimum atomic E-state index is -0.477. The van der Waals surface area contributed by atoms with Crippen LogP contribution in [0.2, 0.25) is 5.15 Å². The summed E-state index contributed by atoms with van der Waals surface area (Å²) in [5.41, 5.74) is 6.64. The van der Waals surface area contributed by atoms with Gasteiger partial charge in [0, 0.05) is 12.1 Å². The second kappa shape index (κ2) is 6.53. The molecule has 0 aliphatic heterocycles. The Morgan fingerprint density at radius 3 is 2.67 bits per heavy atom. The predicted molar refractivity (Wildman–Crippen MR) is 78.5 cm³/mol. The Kier molecular flexibility index (Phi) is 4.52. The average molecular weight is 305 g/mol. The van der Waals surface area contributed by atoms with Gasteiger partial charge in [0.15, 0.2) is 5.84 Å². The fraction of sp³-hybridized carbons (Fsp3) is 0. The second-order valence-corrected chi connectivity index (χ2v) is 4.19. The summed E-state index contributed by atoms with van der Waals surface area (Å²) in [6.07, 6.45) is 4.19. The third kappa shape index (κ3) is 4.05. The van der Waals surface area contributed by atoms with E-state index in [-0.39, 0.29) is 16.7 Å². The Labute approximate surface area is 124 Å². The van der Waals surface area contributed by atoms with E-state index < -0.39 is 4.92 Å². The van der Waals surface area contributed by atoms with E-state index in [2.05, 4.69) is 20.2 Å². The maximum absolute atomic E-state index is 10.5. The van der Waals surface area contributed by atoms with Crippen LogP contribution >= 0.6 is 11.6 Å². The number of hydrogen-bond acceptors (Lipinski definition) is 6. The van der Waals surface area contributed by atoms with Gasteiger partial charge in [0.1, 0.15) is 10.8 Å². The van der Waals surface area contributed by atoms with Crippen LogP contribution in [0.25, 0.3) is 0 Å². The lowest BCUT2D eigenvalue weighted by molar-refractivity contribution is -0.384. The lowest BCUT2D eigenvalue weighted by Gasteiger charge is -1.97. The Balaban J connectivity index is 2.10. The molecule has 106 valence electrons. The predicted octanol–water partition coefficient (Wildman–Crippen LogP) is 1.78. The van der Waals surface area contributed by atoms with Crippen LogP contribution < -0.4 is 5.73 Å². The highest BCUT2D eigenvalue weighted by molar-refractivity contribution is 6.29. The molecule has 0 aliphatic rings. The number of halogens is 1. The number of nitrogens with zero attached hydrogens (tertiary/aromatic N) is 5. The zero-order valence-corrected chi connectivity index (χ0v) is 11.3. The topological polar surface area (TPSA) is 120 Å². The van der Waals surface area contributed by atoms with Crippen molar-refractivity contribution in [2.75, 3.05) is 0 Å². The minimum Gasteiger partial charge on any atom is -0.380 e. The summed E-state index contributed by atoms with van der Waals surface area (Å²) in [7, 11) is 0. The molecule has 0 fully saturated rings. The monoisotopic (exact) mass is 304 g/mol. The number of nitrogens with two attached hydrogens (primary N) is 1. The fourth-order valence-corrected chi connectivity index (χ4v) is 1.50.